The van der Waals surface area contributed by atoms with Crippen molar-refractivity contribution in [1.82, 2.24) is 0 Å². The van der Waals surface area contributed by atoms with Gasteiger partial charge in [0.05, 0.1) is 0 Å². The molecule has 5 heteroatoms. The van der Waals surface area contributed by atoms with Crippen molar-refractivity contribution in [2.75, 3.05) is 0 Å². The van der Waals surface area contributed by atoms with Gasteiger partial charge in [-0.05, 0) is 11.6 Å². The van der Waals surface area contributed by atoms with Crippen molar-refractivity contribution in [3.05, 3.63) is 35.4 Å². The second-order valence-corrected chi connectivity index (χ2v) is 2.73. The van der Waals surface area contributed by atoms with E-state index in [1.165, 1.54) is 6.07 Å². The molecule has 2 N–H and O–H groups in total. The number of alkyl halides is 3. The van der Waals surface area contributed by atoms with E-state index >= 15 is 0 Å². The Hall–Kier alpha value is -1.36. The fourth-order valence-corrected chi connectivity index (χ4v) is 1.00. The van der Waals surface area contributed by atoms with Gasteiger partial charge in [-0.3, -0.25) is 4.79 Å². The van der Waals surface area contributed by atoms with Gasteiger partial charge in [-0.15, -0.1) is 0 Å². The topological polar surface area (TPSA) is 43.1 Å². The maximum Gasteiger partial charge on any atom is 0.454 e. The summed E-state index contributed by atoms with van der Waals surface area (Å²) in [6.45, 7) is 0.110. The second-order valence-electron chi connectivity index (χ2n) is 2.73. The average molecular weight is 203 g/mol. The van der Waals surface area contributed by atoms with Gasteiger partial charge in [0.15, 0.2) is 0 Å². The van der Waals surface area contributed by atoms with E-state index in [0.717, 1.165) is 12.1 Å². The fourth-order valence-electron chi connectivity index (χ4n) is 1.00. The number of rotatable bonds is 2. The number of halogens is 3. The van der Waals surface area contributed by atoms with Crippen LogP contribution >= 0.6 is 0 Å². The number of nitrogens with two attached hydrogens (primary N) is 1. The van der Waals surface area contributed by atoms with Crippen LogP contribution in [0.4, 0.5) is 13.2 Å². The van der Waals surface area contributed by atoms with E-state index in [1.54, 1.807) is 6.07 Å². The van der Waals surface area contributed by atoms with E-state index < -0.39 is 12.0 Å². The molecule has 0 radical (unpaired) electrons. The van der Waals surface area contributed by atoms with Crippen LogP contribution in [0.3, 0.4) is 0 Å². The van der Waals surface area contributed by atoms with Crippen LogP contribution in [0.25, 0.3) is 0 Å². The Balaban J connectivity index is 3.02. The Kier molecular flexibility index (Phi) is 2.90. The fraction of sp³-hybridized carbons (Fsp3) is 0.222. The van der Waals surface area contributed by atoms with Crippen molar-refractivity contribution in [2.24, 2.45) is 5.73 Å². The minimum Gasteiger partial charge on any atom is -0.326 e. The molecule has 14 heavy (non-hydrogen) atoms. The van der Waals surface area contributed by atoms with E-state index in [4.69, 9.17) is 5.73 Å². The lowest BCUT2D eigenvalue weighted by molar-refractivity contribution is -0.0885. The van der Waals surface area contributed by atoms with Crippen molar-refractivity contribution < 1.29 is 18.0 Å². The average Bonchev–Trinajstić information content (AvgIpc) is 2.15. The summed E-state index contributed by atoms with van der Waals surface area (Å²) in [6.07, 6.45) is -4.83. The standard InChI is InChI=1S/C9H8F3NO/c10-9(11,12)8(14)7-3-1-2-6(4-7)5-13/h1-4H,5,13H2. The van der Waals surface area contributed by atoms with Crippen LogP contribution in [0, 0.1) is 0 Å². The Labute approximate surface area is 78.5 Å². The smallest absolute Gasteiger partial charge is 0.326 e. The van der Waals surface area contributed by atoms with Gasteiger partial charge in [0, 0.05) is 12.1 Å². The highest BCUT2D eigenvalue weighted by molar-refractivity contribution is 6.00. The second kappa shape index (κ2) is 3.79. The Morgan fingerprint density at radius 3 is 2.50 bits per heavy atom. The maximum atomic E-state index is 12.0. The van der Waals surface area contributed by atoms with E-state index in [1.807, 2.05) is 0 Å². The first-order chi connectivity index (χ1) is 6.45. The molecule has 76 valence electrons. The van der Waals surface area contributed by atoms with Gasteiger partial charge in [-0.2, -0.15) is 13.2 Å². The molecule has 0 bridgehead atoms. The minimum absolute atomic E-state index is 0.110. The zero-order valence-electron chi connectivity index (χ0n) is 7.14. The number of hydrogen-bond acceptors (Lipinski definition) is 2. The largest absolute Gasteiger partial charge is 0.454 e. The summed E-state index contributed by atoms with van der Waals surface area (Å²) in [4.78, 5) is 10.8. The predicted octanol–water partition coefficient (Wildman–Crippen LogP) is 1.89. The van der Waals surface area contributed by atoms with Crippen molar-refractivity contribution in [3.8, 4) is 0 Å². The van der Waals surface area contributed by atoms with Crippen LogP contribution in [-0.4, -0.2) is 12.0 Å². The van der Waals surface area contributed by atoms with Gasteiger partial charge in [-0.1, -0.05) is 18.2 Å². The quantitative estimate of drug-likeness (QED) is 0.746. The summed E-state index contributed by atoms with van der Waals surface area (Å²) in [5.74, 6) is -1.84. The molecule has 0 aliphatic rings. The summed E-state index contributed by atoms with van der Waals surface area (Å²) < 4.78 is 36.0. The molecule has 0 saturated carbocycles. The van der Waals surface area contributed by atoms with Crippen LogP contribution in [0.5, 0.6) is 0 Å². The highest BCUT2D eigenvalue weighted by atomic mass is 19.4. The van der Waals surface area contributed by atoms with E-state index in [9.17, 15) is 18.0 Å². The summed E-state index contributed by atoms with van der Waals surface area (Å²) in [5.41, 5.74) is 5.36. The molecule has 0 saturated heterocycles. The summed E-state index contributed by atoms with van der Waals surface area (Å²) in [5, 5.41) is 0. The predicted molar refractivity (Wildman–Crippen MR) is 44.7 cm³/mol. The molecule has 0 aromatic heterocycles. The summed E-state index contributed by atoms with van der Waals surface area (Å²) in [6, 6.07) is 5.21. The summed E-state index contributed by atoms with van der Waals surface area (Å²) in [7, 11) is 0. The van der Waals surface area contributed by atoms with Crippen molar-refractivity contribution >= 4 is 5.78 Å². The zero-order valence-corrected chi connectivity index (χ0v) is 7.14. The molecule has 1 aromatic rings. The SMILES string of the molecule is NCc1cccc(C(=O)C(F)(F)F)c1. The zero-order chi connectivity index (χ0) is 10.8. The first-order valence-corrected chi connectivity index (χ1v) is 3.85. The normalized spacial score (nSPS) is 11.4. The highest BCUT2D eigenvalue weighted by Gasteiger charge is 2.39. The van der Waals surface area contributed by atoms with Gasteiger partial charge in [0.25, 0.3) is 5.78 Å². The number of Topliss-reactive ketones (excluding diaryl/α,β-unsaturated/α-hetero) is 1. The molecule has 1 rings (SSSR count). The molecule has 0 aliphatic heterocycles. The van der Waals surface area contributed by atoms with Gasteiger partial charge in [0.2, 0.25) is 0 Å². The van der Waals surface area contributed by atoms with Crippen molar-refractivity contribution in [1.29, 1.82) is 0 Å². The van der Waals surface area contributed by atoms with Gasteiger partial charge in [0.1, 0.15) is 0 Å². The van der Waals surface area contributed by atoms with E-state index in [-0.39, 0.29) is 12.1 Å². The van der Waals surface area contributed by atoms with E-state index in [0.29, 0.717) is 5.56 Å². The third-order valence-electron chi connectivity index (χ3n) is 1.68. The van der Waals surface area contributed by atoms with Gasteiger partial charge in [-0.25, -0.2) is 0 Å². The van der Waals surface area contributed by atoms with Gasteiger partial charge >= 0.3 is 6.18 Å². The molecule has 0 unspecified atom stereocenters. The van der Waals surface area contributed by atoms with Crippen LogP contribution in [0.2, 0.25) is 0 Å². The lowest BCUT2D eigenvalue weighted by atomic mass is 10.1. The van der Waals surface area contributed by atoms with Crippen LogP contribution in [0.1, 0.15) is 15.9 Å². The first-order valence-electron chi connectivity index (χ1n) is 3.85. The summed E-state index contributed by atoms with van der Waals surface area (Å²) >= 11 is 0. The molecule has 0 heterocycles. The molecule has 1 aromatic carbocycles. The monoisotopic (exact) mass is 203 g/mol. The molecule has 0 aliphatic carbocycles. The number of carbonyl (C=O) groups excluding carboxylic acids is 1. The molecule has 0 amide bonds. The molecular formula is C9H8F3NO. The third kappa shape index (κ3) is 2.32. The number of ketones is 1. The Bertz CT molecular complexity index is 346. The van der Waals surface area contributed by atoms with Crippen LogP contribution in [0.15, 0.2) is 24.3 Å². The maximum absolute atomic E-state index is 12.0. The van der Waals surface area contributed by atoms with Gasteiger partial charge < -0.3 is 5.73 Å². The van der Waals surface area contributed by atoms with Crippen molar-refractivity contribution in [2.45, 2.75) is 12.7 Å². The number of hydrogen-bond donors (Lipinski definition) is 1. The Morgan fingerprint density at radius 1 is 1.36 bits per heavy atom. The lowest BCUT2D eigenvalue weighted by Gasteiger charge is -2.05. The Morgan fingerprint density at radius 2 is 2.00 bits per heavy atom. The molecule has 0 fully saturated rings. The number of carbonyl (C=O) groups is 1. The minimum atomic E-state index is -4.83. The number of benzene rings is 1. The van der Waals surface area contributed by atoms with Crippen LogP contribution in [-0.2, 0) is 6.54 Å². The molecular weight excluding hydrogens is 195 g/mol. The van der Waals surface area contributed by atoms with E-state index in [2.05, 4.69) is 0 Å². The van der Waals surface area contributed by atoms with Crippen molar-refractivity contribution in [3.63, 3.8) is 0 Å². The molecule has 0 spiro atoms. The van der Waals surface area contributed by atoms with Crippen LogP contribution < -0.4 is 5.73 Å². The lowest BCUT2D eigenvalue weighted by Crippen LogP contribution is -2.22. The third-order valence-corrected chi connectivity index (χ3v) is 1.68. The molecule has 0 atom stereocenters. The molecule has 2 nitrogen and oxygen atoms in total. The first kappa shape index (κ1) is 10.7. The highest BCUT2D eigenvalue weighted by Crippen LogP contribution is 2.21.